The monoisotopic (exact) mass is 240 g/mol. The van der Waals surface area contributed by atoms with Gasteiger partial charge in [0.05, 0.1) is 25.9 Å². The zero-order valence-electron chi connectivity index (χ0n) is 10.5. The highest BCUT2D eigenvalue weighted by molar-refractivity contribution is 5.86. The Labute approximate surface area is 102 Å². The van der Waals surface area contributed by atoms with Crippen LogP contribution in [0.3, 0.4) is 0 Å². The minimum Gasteiger partial charge on any atom is -0.466 e. The molecule has 0 aromatic heterocycles. The lowest BCUT2D eigenvalue weighted by Crippen LogP contribution is -2.14. The fraction of sp³-hybridized carbons (Fsp3) is 0.615. The van der Waals surface area contributed by atoms with E-state index in [1.165, 1.54) is 7.11 Å². The second-order valence-corrected chi connectivity index (χ2v) is 4.31. The van der Waals surface area contributed by atoms with Crippen LogP contribution in [0.15, 0.2) is 24.8 Å². The molecule has 0 aromatic carbocycles. The van der Waals surface area contributed by atoms with Gasteiger partial charge in [-0.25, -0.2) is 4.79 Å². The fourth-order valence-corrected chi connectivity index (χ4v) is 1.13. The number of carbonyl (C=O) groups is 1. The molecule has 1 saturated heterocycles. The van der Waals surface area contributed by atoms with Gasteiger partial charge in [-0.05, 0) is 19.8 Å². The van der Waals surface area contributed by atoms with Gasteiger partial charge in [-0.1, -0.05) is 12.7 Å². The molecule has 0 bridgehead atoms. The van der Waals surface area contributed by atoms with Crippen LogP contribution >= 0.6 is 0 Å². The van der Waals surface area contributed by atoms with E-state index in [4.69, 9.17) is 9.47 Å². The van der Waals surface area contributed by atoms with E-state index in [0.29, 0.717) is 11.7 Å². The Balaban J connectivity index is 0.000000185. The molecule has 17 heavy (non-hydrogen) atoms. The van der Waals surface area contributed by atoms with Gasteiger partial charge < -0.3 is 14.2 Å². The summed E-state index contributed by atoms with van der Waals surface area (Å²) in [4.78, 5) is 10.2. The van der Waals surface area contributed by atoms with Gasteiger partial charge in [0, 0.05) is 5.57 Å². The lowest BCUT2D eigenvalue weighted by molar-refractivity contribution is -0.136. The summed E-state index contributed by atoms with van der Waals surface area (Å²) in [5.74, 6) is -0.347. The highest BCUT2D eigenvalue weighted by Crippen LogP contribution is 2.40. The number of hydrogen-bond acceptors (Lipinski definition) is 4. The Kier molecular flexibility index (Phi) is 4.90. The van der Waals surface area contributed by atoms with E-state index in [2.05, 4.69) is 17.9 Å². The van der Waals surface area contributed by atoms with Crippen LogP contribution in [0.25, 0.3) is 0 Å². The molecule has 1 aliphatic heterocycles. The Bertz CT molecular complexity index is 301. The first kappa shape index (κ1) is 13.9. The average molecular weight is 240 g/mol. The predicted octanol–water partition coefficient (Wildman–Crippen LogP) is 1.86. The Morgan fingerprint density at radius 1 is 1.59 bits per heavy atom. The number of rotatable bonds is 5. The largest absolute Gasteiger partial charge is 0.466 e. The van der Waals surface area contributed by atoms with Gasteiger partial charge in [-0.15, -0.1) is 6.58 Å². The van der Waals surface area contributed by atoms with Crippen LogP contribution in [-0.4, -0.2) is 38.0 Å². The lowest BCUT2D eigenvalue weighted by Gasteiger charge is -2.08. The van der Waals surface area contributed by atoms with Crippen molar-refractivity contribution >= 4 is 5.97 Å². The van der Waals surface area contributed by atoms with E-state index < -0.39 is 0 Å². The minimum atomic E-state index is -0.347. The molecule has 0 amide bonds. The summed E-state index contributed by atoms with van der Waals surface area (Å²) in [6.07, 6.45) is 4.58. The first-order chi connectivity index (χ1) is 8.03. The quantitative estimate of drug-likeness (QED) is 0.318. The third-order valence-corrected chi connectivity index (χ3v) is 2.61. The molecule has 96 valence electrons. The summed E-state index contributed by atoms with van der Waals surface area (Å²) in [6, 6.07) is 0. The fourth-order valence-electron chi connectivity index (χ4n) is 1.13. The maximum absolute atomic E-state index is 10.2. The summed E-state index contributed by atoms with van der Waals surface area (Å²) in [5.41, 5.74) is 0.480. The van der Waals surface area contributed by atoms with Crippen molar-refractivity contribution < 1.29 is 19.0 Å². The van der Waals surface area contributed by atoms with Gasteiger partial charge in [0.15, 0.2) is 0 Å². The second-order valence-electron chi connectivity index (χ2n) is 4.31. The maximum Gasteiger partial charge on any atom is 0.332 e. The Hall–Kier alpha value is -1.13. The molecule has 1 unspecified atom stereocenters. The molecule has 0 radical (unpaired) electrons. The zero-order chi connectivity index (χ0) is 12.9. The van der Waals surface area contributed by atoms with Gasteiger partial charge >= 0.3 is 5.97 Å². The van der Waals surface area contributed by atoms with Crippen molar-refractivity contribution in [1.29, 1.82) is 0 Å². The Morgan fingerprint density at radius 2 is 2.18 bits per heavy atom. The number of ether oxygens (including phenoxy) is 3. The topological polar surface area (TPSA) is 48.1 Å². The van der Waals surface area contributed by atoms with Crippen LogP contribution in [0.4, 0.5) is 0 Å². The average Bonchev–Trinajstić information content (AvgIpc) is 3.19. The molecule has 0 aromatic rings. The van der Waals surface area contributed by atoms with Crippen molar-refractivity contribution in [2.45, 2.75) is 31.5 Å². The van der Waals surface area contributed by atoms with Gasteiger partial charge in [0.25, 0.3) is 0 Å². The Morgan fingerprint density at radius 3 is 2.41 bits per heavy atom. The van der Waals surface area contributed by atoms with Crippen LogP contribution < -0.4 is 0 Å². The number of methoxy groups -OCH3 is 1. The molecular weight excluding hydrogens is 220 g/mol. The van der Waals surface area contributed by atoms with Crippen molar-refractivity contribution in [3.8, 4) is 0 Å². The second kappa shape index (κ2) is 5.98. The van der Waals surface area contributed by atoms with Crippen LogP contribution in [0.1, 0.15) is 19.8 Å². The number of carbonyl (C=O) groups excluding carboxylic acids is 1. The molecule has 1 heterocycles. The molecule has 1 saturated carbocycles. The summed E-state index contributed by atoms with van der Waals surface area (Å²) < 4.78 is 14.9. The predicted molar refractivity (Wildman–Crippen MR) is 64.7 cm³/mol. The third-order valence-electron chi connectivity index (χ3n) is 2.61. The molecule has 4 heteroatoms. The molecule has 1 aliphatic carbocycles. The SMILES string of the molecule is C=C(C)C(=O)OC.C=CC1(OCC2CO2)CC1. The lowest BCUT2D eigenvalue weighted by atomic mass is 10.3. The summed E-state index contributed by atoms with van der Waals surface area (Å²) in [7, 11) is 1.33. The summed E-state index contributed by atoms with van der Waals surface area (Å²) in [5, 5.41) is 0. The summed E-state index contributed by atoms with van der Waals surface area (Å²) in [6.45, 7) is 10.3. The molecule has 0 spiro atoms. The normalized spacial score (nSPS) is 22.8. The number of hydrogen-bond donors (Lipinski definition) is 0. The highest BCUT2D eigenvalue weighted by atomic mass is 16.6. The first-order valence-electron chi connectivity index (χ1n) is 5.66. The van der Waals surface area contributed by atoms with Crippen LogP contribution in [0, 0.1) is 0 Å². The minimum absolute atomic E-state index is 0.0476. The third kappa shape index (κ3) is 5.15. The zero-order valence-corrected chi connectivity index (χ0v) is 10.5. The highest BCUT2D eigenvalue weighted by Gasteiger charge is 2.42. The van der Waals surface area contributed by atoms with Gasteiger partial charge in [-0.2, -0.15) is 0 Å². The maximum atomic E-state index is 10.2. The van der Waals surface area contributed by atoms with Gasteiger partial charge in [-0.3, -0.25) is 0 Å². The van der Waals surface area contributed by atoms with Gasteiger partial charge in [0.2, 0.25) is 0 Å². The standard InChI is InChI=1S/C8H12O2.C5H8O2/c1-2-8(3-4-8)10-6-7-5-9-7;1-4(2)5(6)7-3/h2,7H,1,3-6H2;1H2,2-3H3. The molecule has 0 N–H and O–H groups in total. The van der Waals surface area contributed by atoms with Crippen molar-refractivity contribution in [2.24, 2.45) is 0 Å². The van der Waals surface area contributed by atoms with Crippen molar-refractivity contribution in [3.63, 3.8) is 0 Å². The summed E-state index contributed by atoms with van der Waals surface area (Å²) >= 11 is 0. The smallest absolute Gasteiger partial charge is 0.332 e. The van der Waals surface area contributed by atoms with Crippen molar-refractivity contribution in [3.05, 3.63) is 24.8 Å². The molecule has 2 rings (SSSR count). The molecule has 4 nitrogen and oxygen atoms in total. The van der Waals surface area contributed by atoms with E-state index >= 15 is 0 Å². The van der Waals surface area contributed by atoms with Crippen LogP contribution in [-0.2, 0) is 19.0 Å². The van der Waals surface area contributed by atoms with Gasteiger partial charge in [0.1, 0.15) is 6.10 Å². The van der Waals surface area contributed by atoms with Crippen LogP contribution in [0.2, 0.25) is 0 Å². The number of esters is 1. The molecule has 2 fully saturated rings. The first-order valence-corrected chi connectivity index (χ1v) is 5.66. The molecular formula is C13H20O4. The van der Waals surface area contributed by atoms with E-state index in [1.807, 2.05) is 6.08 Å². The van der Waals surface area contributed by atoms with E-state index in [9.17, 15) is 4.79 Å². The van der Waals surface area contributed by atoms with Crippen molar-refractivity contribution in [1.82, 2.24) is 0 Å². The van der Waals surface area contributed by atoms with E-state index in [1.54, 1.807) is 6.92 Å². The molecule has 2 aliphatic rings. The van der Waals surface area contributed by atoms with Crippen LogP contribution in [0.5, 0.6) is 0 Å². The number of epoxide rings is 1. The molecule has 1 atom stereocenters. The van der Waals surface area contributed by atoms with E-state index in [0.717, 1.165) is 26.1 Å². The van der Waals surface area contributed by atoms with E-state index in [-0.39, 0.29) is 11.6 Å². The van der Waals surface area contributed by atoms with Crippen molar-refractivity contribution in [2.75, 3.05) is 20.3 Å².